The predicted octanol–water partition coefficient (Wildman–Crippen LogP) is 2.71. The molecule has 0 saturated heterocycles. The van der Waals surface area contributed by atoms with Crippen LogP contribution in [0.3, 0.4) is 0 Å². The van der Waals surface area contributed by atoms with E-state index < -0.39 is 17.9 Å². The minimum atomic E-state index is -2.88. The van der Waals surface area contributed by atoms with Gasteiger partial charge in [-0.2, -0.15) is 4.39 Å². The van der Waals surface area contributed by atoms with E-state index in [1.807, 2.05) is 0 Å². The summed E-state index contributed by atoms with van der Waals surface area (Å²) in [6, 6.07) is 0.579. The summed E-state index contributed by atoms with van der Waals surface area (Å²) in [4.78, 5) is 13.5. The molecule has 6 heteroatoms. The van der Waals surface area contributed by atoms with Crippen molar-refractivity contribution < 1.29 is 18.0 Å². The van der Waals surface area contributed by atoms with Crippen molar-refractivity contribution in [3.05, 3.63) is 28.8 Å². The average Bonchev–Trinajstić information content (AvgIpc) is 2.16. The van der Waals surface area contributed by atoms with Crippen molar-refractivity contribution >= 4 is 17.9 Å². The highest BCUT2D eigenvalue weighted by molar-refractivity contribution is 6.17. The molecule has 1 heterocycles. The molecule has 0 atom stereocenters. The third kappa shape index (κ3) is 2.04. The summed E-state index contributed by atoms with van der Waals surface area (Å²) < 4.78 is 37.3. The van der Waals surface area contributed by atoms with E-state index in [-0.39, 0.29) is 23.4 Å². The quantitative estimate of drug-likeness (QED) is 0.448. The maximum Gasteiger partial charge on any atom is 0.264 e. The molecular formula is C8H5ClF3NO. The Labute approximate surface area is 82.7 Å². The maximum absolute atomic E-state index is 12.6. The Hall–Kier alpha value is -1.10. The second-order valence-electron chi connectivity index (χ2n) is 2.45. The molecule has 1 aromatic rings. The third-order valence-corrected chi connectivity index (χ3v) is 1.91. The third-order valence-electron chi connectivity index (χ3n) is 1.64. The van der Waals surface area contributed by atoms with Crippen molar-refractivity contribution in [2.75, 3.05) is 0 Å². The van der Waals surface area contributed by atoms with Gasteiger partial charge in [0.15, 0.2) is 6.29 Å². The van der Waals surface area contributed by atoms with Crippen LogP contribution in [-0.4, -0.2) is 11.3 Å². The van der Waals surface area contributed by atoms with Crippen LogP contribution in [0.25, 0.3) is 0 Å². The summed E-state index contributed by atoms with van der Waals surface area (Å²) in [5, 5.41) is 0. The lowest BCUT2D eigenvalue weighted by molar-refractivity contribution is 0.111. The van der Waals surface area contributed by atoms with Gasteiger partial charge in [0.2, 0.25) is 5.95 Å². The van der Waals surface area contributed by atoms with Gasteiger partial charge in [0.1, 0.15) is 5.69 Å². The molecule has 0 aliphatic heterocycles. The Morgan fingerprint density at radius 2 is 2.21 bits per heavy atom. The van der Waals surface area contributed by atoms with E-state index in [0.717, 1.165) is 0 Å². The molecule has 0 fully saturated rings. The molecule has 1 aromatic heterocycles. The highest BCUT2D eigenvalue weighted by atomic mass is 35.5. The summed E-state index contributed by atoms with van der Waals surface area (Å²) in [5.41, 5.74) is -1.09. The molecule has 2 nitrogen and oxygen atoms in total. The Kier molecular flexibility index (Phi) is 3.46. The predicted molar refractivity (Wildman–Crippen MR) is 44.1 cm³/mol. The Morgan fingerprint density at radius 3 is 2.64 bits per heavy atom. The number of halogens is 4. The van der Waals surface area contributed by atoms with E-state index in [1.54, 1.807) is 0 Å². The molecule has 0 aromatic carbocycles. The van der Waals surface area contributed by atoms with Crippen molar-refractivity contribution in [3.8, 4) is 0 Å². The van der Waals surface area contributed by atoms with Crippen LogP contribution in [0, 0.1) is 5.95 Å². The number of pyridine rings is 1. The normalized spacial score (nSPS) is 10.6. The monoisotopic (exact) mass is 223 g/mol. The number of alkyl halides is 3. The summed E-state index contributed by atoms with van der Waals surface area (Å²) in [6.45, 7) is 0. The molecule has 0 aliphatic rings. The SMILES string of the molecule is O=Cc1nc(F)cc(C(F)F)c1CCl. The Bertz CT molecular complexity index is 357. The number of aldehydes is 1. The smallest absolute Gasteiger partial charge is 0.264 e. The van der Waals surface area contributed by atoms with E-state index >= 15 is 0 Å². The first-order valence-electron chi connectivity index (χ1n) is 3.58. The number of nitrogens with zero attached hydrogens (tertiary/aromatic N) is 1. The van der Waals surface area contributed by atoms with E-state index in [2.05, 4.69) is 4.98 Å². The molecule has 0 radical (unpaired) electrons. The first-order chi connectivity index (χ1) is 6.60. The molecule has 0 spiro atoms. The summed E-state index contributed by atoms with van der Waals surface area (Å²) in [5.74, 6) is -1.42. The fraction of sp³-hybridized carbons (Fsp3) is 0.250. The van der Waals surface area contributed by atoms with Crippen molar-refractivity contribution in [2.24, 2.45) is 0 Å². The highest BCUT2D eigenvalue weighted by Crippen LogP contribution is 2.26. The molecule has 0 unspecified atom stereocenters. The minimum Gasteiger partial charge on any atom is -0.296 e. The van der Waals surface area contributed by atoms with E-state index in [4.69, 9.17) is 11.6 Å². The molecule has 0 saturated carbocycles. The summed E-state index contributed by atoms with van der Waals surface area (Å²) in [6.07, 6.45) is -2.67. The van der Waals surface area contributed by atoms with Crippen molar-refractivity contribution in [2.45, 2.75) is 12.3 Å². The molecule has 76 valence electrons. The van der Waals surface area contributed by atoms with Gasteiger partial charge in [-0.3, -0.25) is 4.79 Å². The maximum atomic E-state index is 12.6. The van der Waals surface area contributed by atoms with Crippen molar-refractivity contribution in [1.29, 1.82) is 0 Å². The molecule has 0 amide bonds. The van der Waals surface area contributed by atoms with Crippen LogP contribution in [0.4, 0.5) is 13.2 Å². The lowest BCUT2D eigenvalue weighted by Gasteiger charge is -2.07. The van der Waals surface area contributed by atoms with Crippen LogP contribution < -0.4 is 0 Å². The number of hydrogen-bond donors (Lipinski definition) is 0. The molecular weight excluding hydrogens is 219 g/mol. The van der Waals surface area contributed by atoms with Gasteiger partial charge in [0, 0.05) is 17.2 Å². The van der Waals surface area contributed by atoms with Crippen LogP contribution in [0.5, 0.6) is 0 Å². The Balaban J connectivity index is 3.39. The van der Waals surface area contributed by atoms with Gasteiger partial charge in [-0.15, -0.1) is 11.6 Å². The van der Waals surface area contributed by atoms with E-state index in [0.29, 0.717) is 6.07 Å². The highest BCUT2D eigenvalue weighted by Gasteiger charge is 2.18. The fourth-order valence-corrected chi connectivity index (χ4v) is 1.31. The van der Waals surface area contributed by atoms with Crippen LogP contribution in [0.15, 0.2) is 6.07 Å². The second kappa shape index (κ2) is 4.41. The zero-order chi connectivity index (χ0) is 10.7. The largest absolute Gasteiger partial charge is 0.296 e. The summed E-state index contributed by atoms with van der Waals surface area (Å²) >= 11 is 5.36. The molecule has 0 bridgehead atoms. The lowest BCUT2D eigenvalue weighted by atomic mass is 10.1. The van der Waals surface area contributed by atoms with E-state index in [1.165, 1.54) is 0 Å². The summed E-state index contributed by atoms with van der Waals surface area (Å²) in [7, 11) is 0. The Morgan fingerprint density at radius 1 is 1.57 bits per heavy atom. The van der Waals surface area contributed by atoms with Crippen molar-refractivity contribution in [1.82, 2.24) is 4.98 Å². The molecule has 1 rings (SSSR count). The van der Waals surface area contributed by atoms with Crippen LogP contribution >= 0.6 is 11.6 Å². The molecule has 0 aliphatic carbocycles. The van der Waals surface area contributed by atoms with Crippen molar-refractivity contribution in [3.63, 3.8) is 0 Å². The van der Waals surface area contributed by atoms with Gasteiger partial charge in [-0.1, -0.05) is 0 Å². The number of rotatable bonds is 3. The first kappa shape index (κ1) is 11.0. The zero-order valence-electron chi connectivity index (χ0n) is 6.81. The zero-order valence-corrected chi connectivity index (χ0v) is 7.56. The van der Waals surface area contributed by atoms with Crippen LogP contribution in [0.2, 0.25) is 0 Å². The average molecular weight is 224 g/mol. The fourth-order valence-electron chi connectivity index (χ4n) is 1.02. The van der Waals surface area contributed by atoms with Gasteiger partial charge >= 0.3 is 0 Å². The number of aromatic nitrogens is 1. The van der Waals surface area contributed by atoms with E-state index in [9.17, 15) is 18.0 Å². The topological polar surface area (TPSA) is 30.0 Å². The number of carbonyl (C=O) groups excluding carboxylic acids is 1. The van der Waals surface area contributed by atoms with Crippen LogP contribution in [0.1, 0.15) is 28.0 Å². The standard InChI is InChI=1S/C8H5ClF3NO/c9-2-5-4(8(11)12)1-7(10)13-6(5)3-14/h1,3,8H,2H2. The number of carbonyl (C=O) groups is 1. The minimum absolute atomic E-state index is 0.127. The van der Waals surface area contributed by atoms with Gasteiger partial charge in [-0.25, -0.2) is 13.8 Å². The van der Waals surface area contributed by atoms with Gasteiger partial charge in [0.25, 0.3) is 6.43 Å². The molecule has 14 heavy (non-hydrogen) atoms. The van der Waals surface area contributed by atoms with Crippen LogP contribution in [-0.2, 0) is 5.88 Å². The van der Waals surface area contributed by atoms with Gasteiger partial charge in [0.05, 0.1) is 5.88 Å². The second-order valence-corrected chi connectivity index (χ2v) is 2.72. The first-order valence-corrected chi connectivity index (χ1v) is 4.12. The van der Waals surface area contributed by atoms with Gasteiger partial charge in [-0.05, 0) is 0 Å². The van der Waals surface area contributed by atoms with Gasteiger partial charge < -0.3 is 0 Å². The number of hydrogen-bond acceptors (Lipinski definition) is 2. The lowest BCUT2D eigenvalue weighted by Crippen LogP contribution is -2.03. The molecule has 0 N–H and O–H groups in total.